The standard InChI is InChI=1S/C14H17N3O3/c1-8(2)16-12(13(18)19)15-17(14(16)20)11-6-5-9(3)10(4)7-11/h5-8H,1-4H3,(H,18,19). The van der Waals surface area contributed by atoms with Crippen LogP contribution in [0.25, 0.3) is 5.69 Å². The van der Waals surface area contributed by atoms with Crippen molar-refractivity contribution in [3.63, 3.8) is 0 Å². The summed E-state index contributed by atoms with van der Waals surface area (Å²) in [4.78, 5) is 23.5. The summed E-state index contributed by atoms with van der Waals surface area (Å²) in [6.45, 7) is 7.40. The molecule has 0 atom stereocenters. The van der Waals surface area contributed by atoms with E-state index in [1.54, 1.807) is 19.9 Å². The van der Waals surface area contributed by atoms with Crippen LogP contribution >= 0.6 is 0 Å². The van der Waals surface area contributed by atoms with Gasteiger partial charge in [-0.15, -0.1) is 5.10 Å². The molecule has 0 fully saturated rings. The van der Waals surface area contributed by atoms with Gasteiger partial charge in [0.05, 0.1) is 5.69 Å². The molecule has 6 heteroatoms. The molecule has 0 spiro atoms. The smallest absolute Gasteiger partial charge is 0.374 e. The molecule has 106 valence electrons. The summed E-state index contributed by atoms with van der Waals surface area (Å²) in [5.74, 6) is -1.46. The molecule has 0 radical (unpaired) electrons. The zero-order valence-corrected chi connectivity index (χ0v) is 11.9. The highest BCUT2D eigenvalue weighted by Crippen LogP contribution is 2.13. The van der Waals surface area contributed by atoms with Gasteiger partial charge in [0.2, 0.25) is 5.82 Å². The fraction of sp³-hybridized carbons (Fsp3) is 0.357. The maximum atomic E-state index is 12.3. The second-order valence-electron chi connectivity index (χ2n) is 5.06. The zero-order chi connectivity index (χ0) is 15.0. The Morgan fingerprint density at radius 1 is 1.25 bits per heavy atom. The highest BCUT2D eigenvalue weighted by molar-refractivity contribution is 5.83. The van der Waals surface area contributed by atoms with Gasteiger partial charge in [0, 0.05) is 6.04 Å². The van der Waals surface area contributed by atoms with Gasteiger partial charge in [-0.2, -0.15) is 4.68 Å². The van der Waals surface area contributed by atoms with E-state index < -0.39 is 11.7 Å². The van der Waals surface area contributed by atoms with Crippen LogP contribution in [0.5, 0.6) is 0 Å². The van der Waals surface area contributed by atoms with E-state index in [2.05, 4.69) is 5.10 Å². The molecular weight excluding hydrogens is 258 g/mol. The second-order valence-corrected chi connectivity index (χ2v) is 5.06. The number of hydrogen-bond acceptors (Lipinski definition) is 3. The number of carboxylic acids is 1. The van der Waals surface area contributed by atoms with Crippen molar-refractivity contribution in [3.8, 4) is 5.69 Å². The highest BCUT2D eigenvalue weighted by atomic mass is 16.4. The highest BCUT2D eigenvalue weighted by Gasteiger charge is 2.21. The Labute approximate surface area is 116 Å². The Bertz CT molecular complexity index is 726. The third kappa shape index (κ3) is 2.24. The number of carboxylic acid groups (broad SMARTS) is 1. The lowest BCUT2D eigenvalue weighted by molar-refractivity contribution is 0.0675. The van der Waals surface area contributed by atoms with Crippen molar-refractivity contribution in [3.05, 3.63) is 45.6 Å². The van der Waals surface area contributed by atoms with Gasteiger partial charge in [-0.25, -0.2) is 9.59 Å². The van der Waals surface area contributed by atoms with Crippen LogP contribution in [0, 0.1) is 13.8 Å². The summed E-state index contributed by atoms with van der Waals surface area (Å²) in [5, 5.41) is 13.1. The molecule has 0 saturated carbocycles. The SMILES string of the molecule is Cc1ccc(-n2nc(C(=O)O)n(C(C)C)c2=O)cc1C. The van der Waals surface area contributed by atoms with Gasteiger partial charge in [-0.3, -0.25) is 4.57 Å². The van der Waals surface area contributed by atoms with Crippen molar-refractivity contribution >= 4 is 5.97 Å². The molecule has 0 saturated heterocycles. The number of aromatic carboxylic acids is 1. The van der Waals surface area contributed by atoms with Crippen LogP contribution in [0.3, 0.4) is 0 Å². The van der Waals surface area contributed by atoms with E-state index in [-0.39, 0.29) is 11.9 Å². The van der Waals surface area contributed by atoms with E-state index in [4.69, 9.17) is 5.11 Å². The number of hydrogen-bond donors (Lipinski definition) is 1. The maximum Gasteiger partial charge on any atom is 0.374 e. The van der Waals surface area contributed by atoms with E-state index >= 15 is 0 Å². The van der Waals surface area contributed by atoms with Crippen LogP contribution < -0.4 is 5.69 Å². The van der Waals surface area contributed by atoms with Gasteiger partial charge >= 0.3 is 11.7 Å². The first kappa shape index (κ1) is 14.0. The monoisotopic (exact) mass is 275 g/mol. The van der Waals surface area contributed by atoms with Crippen LogP contribution in [-0.4, -0.2) is 25.4 Å². The fourth-order valence-corrected chi connectivity index (χ4v) is 2.02. The molecule has 1 N–H and O–H groups in total. The number of carbonyl (C=O) groups is 1. The summed E-state index contributed by atoms with van der Waals surface area (Å²) in [6.07, 6.45) is 0. The van der Waals surface area contributed by atoms with E-state index in [9.17, 15) is 9.59 Å². The Hall–Kier alpha value is -2.37. The number of aromatic nitrogens is 3. The van der Waals surface area contributed by atoms with Gasteiger partial charge in [0.25, 0.3) is 0 Å². The van der Waals surface area contributed by atoms with Gasteiger partial charge < -0.3 is 5.11 Å². The van der Waals surface area contributed by atoms with Crippen LogP contribution in [0.2, 0.25) is 0 Å². The quantitative estimate of drug-likeness (QED) is 0.928. The van der Waals surface area contributed by atoms with Gasteiger partial charge in [-0.05, 0) is 51.0 Å². The van der Waals surface area contributed by atoms with Crippen molar-refractivity contribution < 1.29 is 9.90 Å². The van der Waals surface area contributed by atoms with E-state index in [0.717, 1.165) is 15.8 Å². The van der Waals surface area contributed by atoms with Gasteiger partial charge in [0.1, 0.15) is 0 Å². The Morgan fingerprint density at radius 3 is 2.35 bits per heavy atom. The molecule has 6 nitrogen and oxygen atoms in total. The molecule has 0 aliphatic carbocycles. The Balaban J connectivity index is 2.69. The van der Waals surface area contributed by atoms with Gasteiger partial charge in [-0.1, -0.05) is 6.07 Å². The first-order valence-corrected chi connectivity index (χ1v) is 6.35. The molecule has 1 aromatic carbocycles. The third-order valence-electron chi connectivity index (χ3n) is 3.25. The number of nitrogens with zero attached hydrogens (tertiary/aromatic N) is 3. The van der Waals surface area contributed by atoms with Crippen LogP contribution in [0.15, 0.2) is 23.0 Å². The molecule has 20 heavy (non-hydrogen) atoms. The lowest BCUT2D eigenvalue weighted by Gasteiger charge is -2.06. The lowest BCUT2D eigenvalue weighted by atomic mass is 10.1. The average Bonchev–Trinajstić information content (AvgIpc) is 2.71. The van der Waals surface area contributed by atoms with Crippen molar-refractivity contribution in [2.75, 3.05) is 0 Å². The first-order valence-electron chi connectivity index (χ1n) is 6.35. The van der Waals surface area contributed by atoms with Crippen LogP contribution in [-0.2, 0) is 0 Å². The van der Waals surface area contributed by atoms with E-state index in [1.807, 2.05) is 26.0 Å². The minimum Gasteiger partial charge on any atom is -0.475 e. The fourth-order valence-electron chi connectivity index (χ4n) is 2.02. The van der Waals surface area contributed by atoms with Crippen molar-refractivity contribution in [1.29, 1.82) is 0 Å². The molecule has 0 bridgehead atoms. The third-order valence-corrected chi connectivity index (χ3v) is 3.25. The number of benzene rings is 1. The van der Waals surface area contributed by atoms with Crippen LogP contribution in [0.1, 0.15) is 41.6 Å². The number of rotatable bonds is 3. The van der Waals surface area contributed by atoms with E-state index in [1.165, 1.54) is 4.57 Å². The maximum absolute atomic E-state index is 12.3. The number of aryl methyl sites for hydroxylation is 2. The predicted molar refractivity (Wildman–Crippen MR) is 74.6 cm³/mol. The molecule has 2 aromatic rings. The molecule has 2 rings (SSSR count). The molecule has 1 aromatic heterocycles. The normalized spacial score (nSPS) is 11.1. The van der Waals surface area contributed by atoms with Crippen molar-refractivity contribution in [2.45, 2.75) is 33.7 Å². The second kappa shape index (κ2) is 4.96. The summed E-state index contributed by atoms with van der Waals surface area (Å²) in [5.41, 5.74) is 2.24. The molecule has 0 aliphatic heterocycles. The Morgan fingerprint density at radius 2 is 1.90 bits per heavy atom. The predicted octanol–water partition coefficient (Wildman–Crippen LogP) is 1.93. The summed E-state index contributed by atoms with van der Waals surface area (Å²) >= 11 is 0. The Kier molecular flexibility index (Phi) is 3.48. The molecule has 0 aliphatic rings. The molecule has 0 amide bonds. The minimum absolute atomic E-state index is 0.247. The average molecular weight is 275 g/mol. The lowest BCUT2D eigenvalue weighted by Crippen LogP contribution is -2.26. The van der Waals surface area contributed by atoms with Crippen LogP contribution in [0.4, 0.5) is 0 Å². The molecular formula is C14H17N3O3. The summed E-state index contributed by atoms with van der Waals surface area (Å²) in [7, 11) is 0. The molecule has 0 unspecified atom stereocenters. The van der Waals surface area contributed by atoms with Crippen molar-refractivity contribution in [1.82, 2.24) is 14.3 Å². The van der Waals surface area contributed by atoms with Gasteiger partial charge in [0.15, 0.2) is 0 Å². The largest absolute Gasteiger partial charge is 0.475 e. The minimum atomic E-state index is -1.21. The molecule has 1 heterocycles. The summed E-state index contributed by atoms with van der Waals surface area (Å²) in [6, 6.07) is 5.19. The summed E-state index contributed by atoms with van der Waals surface area (Å²) < 4.78 is 2.31. The van der Waals surface area contributed by atoms with Crippen molar-refractivity contribution in [2.24, 2.45) is 0 Å². The first-order chi connectivity index (χ1) is 9.32. The van der Waals surface area contributed by atoms with E-state index in [0.29, 0.717) is 5.69 Å². The topological polar surface area (TPSA) is 77.1 Å². The zero-order valence-electron chi connectivity index (χ0n) is 11.9.